The van der Waals surface area contributed by atoms with E-state index in [-0.39, 0.29) is 17.2 Å². The average Bonchev–Trinajstić information content (AvgIpc) is 0.770. The van der Waals surface area contributed by atoms with Crippen LogP contribution < -0.4 is 21.3 Å². The second kappa shape index (κ2) is 33.1. The summed E-state index contributed by atoms with van der Waals surface area (Å²) in [7, 11) is 0. The maximum Gasteiger partial charge on any atom is 0.133 e. The molecule has 0 aliphatic rings. The maximum absolute atomic E-state index is 18.0. The van der Waals surface area contributed by atoms with Crippen molar-refractivity contribution in [3.8, 4) is 66.8 Å². The van der Waals surface area contributed by atoms with Crippen LogP contribution in [0.3, 0.4) is 0 Å². The van der Waals surface area contributed by atoms with E-state index < -0.39 is 5.54 Å². The molecule has 0 aromatic heterocycles. The average molecular weight is 1310 g/mol. The van der Waals surface area contributed by atoms with Gasteiger partial charge >= 0.3 is 0 Å². The topological polar surface area (TPSA) is 58.5 Å². The standard InChI is InChI=1S/C93H102F2N4/c1-9-16-18-20-24-76-63-89(87-61-59-85(65-91(87)95)99(81-52-40-73(41-53-81)69-32-28-67(23-12-4)29-33-69)83-56-44-75(45-57-83)71-36-48-79(49-37-71)93(97,14-6)15-7)77(25-21-19-17-10-2)62-88(76)86-60-58-84(64-90(86)94)98(80-50-38-72(39-51-80)68-30-26-66(22-11-3)27-31-68)82-54-42-74(43-55-82)70-34-46-78(47-35-70)92(8,96)13-5/h26-65H,9-25,96-97H2,1-8H3. The number of benzene rings is 11. The van der Waals surface area contributed by atoms with Gasteiger partial charge in [-0.3, -0.25) is 0 Å². The largest absolute Gasteiger partial charge is 0.322 e. The molecule has 0 radical (unpaired) electrons. The highest BCUT2D eigenvalue weighted by Gasteiger charge is 2.25. The fourth-order valence-electron chi connectivity index (χ4n) is 14.1. The van der Waals surface area contributed by atoms with E-state index in [1.165, 1.54) is 11.1 Å². The molecule has 0 aliphatic heterocycles. The summed E-state index contributed by atoms with van der Waals surface area (Å²) in [4.78, 5) is 4.31. The number of hydrogen-bond acceptors (Lipinski definition) is 4. The molecule has 11 rings (SSSR count). The van der Waals surface area contributed by atoms with Crippen LogP contribution in [0.25, 0.3) is 66.8 Å². The van der Waals surface area contributed by atoms with Crippen molar-refractivity contribution in [3.63, 3.8) is 0 Å². The molecule has 1 atom stereocenters. The van der Waals surface area contributed by atoms with Crippen LogP contribution in [0.15, 0.2) is 243 Å². The predicted octanol–water partition coefficient (Wildman–Crippen LogP) is 26.6. The van der Waals surface area contributed by atoms with Crippen molar-refractivity contribution in [2.24, 2.45) is 11.5 Å². The molecule has 0 bridgehead atoms. The number of hydrogen-bond donors (Lipinski definition) is 2. The number of halogens is 2. The van der Waals surface area contributed by atoms with Gasteiger partial charge in [-0.1, -0.05) is 258 Å². The van der Waals surface area contributed by atoms with Crippen molar-refractivity contribution in [1.29, 1.82) is 0 Å². The second-order valence-electron chi connectivity index (χ2n) is 27.7. The zero-order valence-electron chi connectivity index (χ0n) is 59.9. The molecule has 0 saturated carbocycles. The molecule has 1 unspecified atom stereocenters. The van der Waals surface area contributed by atoms with Crippen LogP contribution in [-0.4, -0.2) is 0 Å². The lowest BCUT2D eigenvalue weighted by Crippen LogP contribution is -2.34. The van der Waals surface area contributed by atoms with Gasteiger partial charge in [-0.2, -0.15) is 0 Å². The summed E-state index contributed by atoms with van der Waals surface area (Å²) in [5, 5.41) is 0. The number of nitrogens with zero attached hydrogens (tertiary/aromatic N) is 2. The third-order valence-corrected chi connectivity index (χ3v) is 20.8. The van der Waals surface area contributed by atoms with E-state index in [0.29, 0.717) is 22.5 Å². The SMILES string of the molecule is CCCCCCc1cc(-c2ccc(N(c3ccc(-c4ccc(CCC)cc4)cc3)c3ccc(-c4ccc(C(N)(CC)CC)cc4)cc3)cc2F)c(CCCCCC)cc1-c1ccc(N(c2ccc(-c3ccc(CCC)cc3)cc2)c2ccc(-c3ccc(C(C)(N)CC)cc3)cc2)cc1F. The fraction of sp³-hybridized carbons (Fsp3) is 0.290. The van der Waals surface area contributed by atoms with Gasteiger partial charge in [0.15, 0.2) is 0 Å². The van der Waals surface area contributed by atoms with Gasteiger partial charge in [-0.05, 0) is 239 Å². The van der Waals surface area contributed by atoms with Gasteiger partial charge in [0.2, 0.25) is 0 Å². The molecule has 11 aromatic rings. The van der Waals surface area contributed by atoms with E-state index in [9.17, 15) is 0 Å². The zero-order valence-corrected chi connectivity index (χ0v) is 59.9. The minimum absolute atomic E-state index is 0.307. The Labute approximate surface area is 590 Å². The molecular formula is C93H102F2N4. The Morgan fingerprint density at radius 3 is 0.859 bits per heavy atom. The highest BCUT2D eigenvalue weighted by Crippen LogP contribution is 2.44. The van der Waals surface area contributed by atoms with Gasteiger partial charge in [0, 0.05) is 56.3 Å². The van der Waals surface area contributed by atoms with Crippen molar-refractivity contribution in [2.45, 2.75) is 176 Å². The molecule has 4 nitrogen and oxygen atoms in total. The summed E-state index contributed by atoms with van der Waals surface area (Å²) >= 11 is 0. The van der Waals surface area contributed by atoms with Crippen LogP contribution in [0.1, 0.15) is 172 Å². The first-order valence-electron chi connectivity index (χ1n) is 36.9. The summed E-state index contributed by atoms with van der Waals surface area (Å²) in [5.74, 6) is -0.615. The van der Waals surface area contributed by atoms with Crippen molar-refractivity contribution >= 4 is 34.1 Å². The van der Waals surface area contributed by atoms with Crippen LogP contribution in [0, 0.1) is 11.6 Å². The Morgan fingerprint density at radius 1 is 0.283 bits per heavy atom. The van der Waals surface area contributed by atoms with Gasteiger partial charge in [-0.25, -0.2) is 8.78 Å². The van der Waals surface area contributed by atoms with E-state index in [1.54, 1.807) is 12.1 Å². The Kier molecular flexibility index (Phi) is 23.8. The third-order valence-electron chi connectivity index (χ3n) is 20.8. The number of anilines is 6. The molecular weight excluding hydrogens is 1210 g/mol. The summed E-state index contributed by atoms with van der Waals surface area (Å²) in [6, 6.07) is 85.2. The van der Waals surface area contributed by atoms with Crippen LogP contribution in [0.2, 0.25) is 0 Å². The number of aryl methyl sites for hydroxylation is 4. The van der Waals surface area contributed by atoms with Gasteiger partial charge < -0.3 is 21.3 Å². The van der Waals surface area contributed by atoms with Crippen LogP contribution in [0.5, 0.6) is 0 Å². The lowest BCUT2D eigenvalue weighted by Gasteiger charge is -2.27. The Bertz CT molecular complexity index is 4380. The highest BCUT2D eigenvalue weighted by molar-refractivity contribution is 5.85. The first-order chi connectivity index (χ1) is 48.2. The molecule has 0 spiro atoms. The summed E-state index contributed by atoms with van der Waals surface area (Å²) in [5.41, 5.74) is 36.5. The number of nitrogens with two attached hydrogens (primary N) is 2. The van der Waals surface area contributed by atoms with Crippen molar-refractivity contribution in [1.82, 2.24) is 0 Å². The van der Waals surface area contributed by atoms with Crippen LogP contribution in [-0.2, 0) is 36.8 Å². The molecule has 11 aromatic carbocycles. The van der Waals surface area contributed by atoms with Gasteiger partial charge in [0.25, 0.3) is 0 Å². The minimum Gasteiger partial charge on any atom is -0.322 e. The monoisotopic (exact) mass is 1310 g/mol. The molecule has 0 fully saturated rings. The van der Waals surface area contributed by atoms with Crippen LogP contribution in [0.4, 0.5) is 42.9 Å². The van der Waals surface area contributed by atoms with E-state index in [4.69, 9.17) is 11.5 Å². The van der Waals surface area contributed by atoms with Crippen molar-refractivity contribution < 1.29 is 8.78 Å². The molecule has 0 heterocycles. The van der Waals surface area contributed by atoms with E-state index in [2.05, 4.69) is 284 Å². The molecule has 6 heteroatoms. The first-order valence-corrected chi connectivity index (χ1v) is 36.9. The van der Waals surface area contributed by atoms with Crippen molar-refractivity contribution in [2.75, 3.05) is 9.80 Å². The van der Waals surface area contributed by atoms with E-state index >= 15 is 8.78 Å². The highest BCUT2D eigenvalue weighted by atomic mass is 19.1. The first kappa shape index (κ1) is 71.1. The normalized spacial score (nSPS) is 12.2. The summed E-state index contributed by atoms with van der Waals surface area (Å²) < 4.78 is 35.9. The molecule has 0 amide bonds. The molecule has 99 heavy (non-hydrogen) atoms. The lowest BCUT2D eigenvalue weighted by molar-refractivity contribution is 0.413. The summed E-state index contributed by atoms with van der Waals surface area (Å²) in [6.07, 6.45) is 16.7. The number of rotatable bonds is 31. The Hall–Kier alpha value is -9.20. The summed E-state index contributed by atoms with van der Waals surface area (Å²) in [6.45, 7) is 17.4. The Balaban J connectivity index is 0.974. The minimum atomic E-state index is -0.402. The predicted molar refractivity (Wildman–Crippen MR) is 420 cm³/mol. The molecule has 508 valence electrons. The number of unbranched alkanes of at least 4 members (excludes halogenated alkanes) is 6. The van der Waals surface area contributed by atoms with Crippen LogP contribution >= 0.6 is 0 Å². The zero-order chi connectivity index (χ0) is 69.5. The van der Waals surface area contributed by atoms with Gasteiger partial charge in [-0.15, -0.1) is 0 Å². The smallest absolute Gasteiger partial charge is 0.133 e. The maximum atomic E-state index is 18.0. The lowest BCUT2D eigenvalue weighted by atomic mass is 9.85. The molecule has 0 saturated heterocycles. The van der Waals surface area contributed by atoms with E-state index in [1.807, 2.05) is 12.1 Å². The Morgan fingerprint density at radius 2 is 0.576 bits per heavy atom. The molecule has 4 N–H and O–H groups in total. The van der Waals surface area contributed by atoms with E-state index in [0.717, 1.165) is 210 Å². The second-order valence-corrected chi connectivity index (χ2v) is 27.7. The third kappa shape index (κ3) is 16.8. The fourth-order valence-corrected chi connectivity index (χ4v) is 14.1. The van der Waals surface area contributed by atoms with Gasteiger partial charge in [0.1, 0.15) is 11.6 Å². The quantitative estimate of drug-likeness (QED) is 0.0425. The molecule has 0 aliphatic carbocycles. The van der Waals surface area contributed by atoms with Crippen molar-refractivity contribution in [3.05, 3.63) is 288 Å². The van der Waals surface area contributed by atoms with Gasteiger partial charge in [0.05, 0.1) is 0 Å².